The molecule has 0 bridgehead atoms. The van der Waals surface area contributed by atoms with E-state index < -0.39 is 0 Å². The van der Waals surface area contributed by atoms with Crippen molar-refractivity contribution in [2.24, 2.45) is 0 Å². The molecule has 1 aliphatic heterocycles. The molecule has 1 atom stereocenters. The number of pyridine rings is 1. The number of halogens is 1. The van der Waals surface area contributed by atoms with Crippen LogP contribution in [0.5, 0.6) is 0 Å². The van der Waals surface area contributed by atoms with E-state index in [2.05, 4.69) is 26.9 Å². The zero-order valence-corrected chi connectivity index (χ0v) is 16.3. The van der Waals surface area contributed by atoms with Gasteiger partial charge in [0.15, 0.2) is 0 Å². The van der Waals surface area contributed by atoms with Crippen LogP contribution in [0.4, 0.5) is 10.1 Å². The third kappa shape index (κ3) is 3.27. The van der Waals surface area contributed by atoms with Gasteiger partial charge >= 0.3 is 0 Å². The topological polar surface area (TPSA) is 39.3 Å². The van der Waals surface area contributed by atoms with Crippen LogP contribution in [0.2, 0.25) is 0 Å². The number of hydrogen-bond acceptors (Lipinski definition) is 4. The van der Waals surface area contributed by atoms with Crippen molar-refractivity contribution in [3.8, 4) is 0 Å². The van der Waals surface area contributed by atoms with Crippen LogP contribution < -0.4 is 10.5 Å². The summed E-state index contributed by atoms with van der Waals surface area (Å²) in [6.45, 7) is 3.88. The Bertz CT molecular complexity index is 1080. The van der Waals surface area contributed by atoms with E-state index in [1.165, 1.54) is 17.7 Å². The highest BCUT2D eigenvalue weighted by Gasteiger charge is 2.27. The van der Waals surface area contributed by atoms with Crippen LogP contribution in [0.25, 0.3) is 15.7 Å². The molecule has 2 aliphatic rings. The Morgan fingerprint density at radius 3 is 2.64 bits per heavy atom. The molecule has 1 saturated heterocycles. The molecule has 6 heteroatoms. The van der Waals surface area contributed by atoms with Gasteiger partial charge in [-0.1, -0.05) is 6.08 Å². The number of H-pyrrole nitrogens is 1. The summed E-state index contributed by atoms with van der Waals surface area (Å²) in [4.78, 5) is 20.2. The van der Waals surface area contributed by atoms with Crippen LogP contribution in [-0.4, -0.2) is 42.1 Å². The summed E-state index contributed by atoms with van der Waals surface area (Å²) in [5.74, 6) is -0.190. The Hall–Kier alpha value is -2.44. The van der Waals surface area contributed by atoms with Crippen LogP contribution in [0.1, 0.15) is 18.5 Å². The zero-order valence-electron chi connectivity index (χ0n) is 15.5. The SMILES string of the molecule is O=c1[nH]c(C2=CC(N3CCN(c4ccc(F)cc4)CC3)CC2)cc2sccc12. The van der Waals surface area contributed by atoms with E-state index in [1.54, 1.807) is 11.3 Å². The van der Waals surface area contributed by atoms with Crippen LogP contribution in [0.3, 0.4) is 0 Å². The monoisotopic (exact) mass is 395 g/mol. The number of aromatic amines is 1. The molecule has 144 valence electrons. The van der Waals surface area contributed by atoms with E-state index in [9.17, 15) is 9.18 Å². The van der Waals surface area contributed by atoms with Gasteiger partial charge in [-0.2, -0.15) is 0 Å². The average Bonchev–Trinajstić information content (AvgIpc) is 3.39. The van der Waals surface area contributed by atoms with Crippen molar-refractivity contribution in [1.82, 2.24) is 9.88 Å². The zero-order chi connectivity index (χ0) is 19.1. The Morgan fingerprint density at radius 2 is 1.86 bits per heavy atom. The van der Waals surface area contributed by atoms with Gasteiger partial charge in [0, 0.05) is 48.3 Å². The number of benzene rings is 1. The number of anilines is 1. The van der Waals surface area contributed by atoms with E-state index in [1.807, 2.05) is 23.6 Å². The quantitative estimate of drug-likeness (QED) is 0.726. The lowest BCUT2D eigenvalue weighted by Gasteiger charge is -2.38. The summed E-state index contributed by atoms with van der Waals surface area (Å²) in [7, 11) is 0. The van der Waals surface area contributed by atoms with Gasteiger partial charge in [0.2, 0.25) is 0 Å². The van der Waals surface area contributed by atoms with Crippen LogP contribution in [0.15, 0.2) is 52.6 Å². The Labute approximate surface area is 166 Å². The fraction of sp³-hybridized carbons (Fsp3) is 0.318. The number of aromatic nitrogens is 1. The van der Waals surface area contributed by atoms with Crippen molar-refractivity contribution >= 4 is 32.7 Å². The summed E-state index contributed by atoms with van der Waals surface area (Å²) in [5, 5.41) is 2.75. The number of piperazine rings is 1. The predicted octanol–water partition coefficient (Wildman–Crippen LogP) is 4.10. The molecule has 1 fully saturated rings. The lowest BCUT2D eigenvalue weighted by atomic mass is 10.1. The molecule has 1 unspecified atom stereocenters. The summed E-state index contributed by atoms with van der Waals surface area (Å²) >= 11 is 1.62. The highest BCUT2D eigenvalue weighted by Crippen LogP contribution is 2.31. The minimum atomic E-state index is -0.190. The lowest BCUT2D eigenvalue weighted by Crippen LogP contribution is -2.49. The molecule has 1 N–H and O–H groups in total. The molecule has 1 aromatic carbocycles. The standard InChI is InChI=1S/C22H22FN3OS/c23-16-2-5-17(6-3-16)25-8-10-26(11-9-25)18-4-1-15(13-18)20-14-21-19(7-12-28-21)22(27)24-20/h2-3,5-7,12-14,18H,1,4,8-11H2,(H,24,27). The second-order valence-electron chi connectivity index (χ2n) is 7.51. The number of allylic oxidation sites excluding steroid dienone is 1. The molecule has 0 radical (unpaired) electrons. The Balaban J connectivity index is 1.28. The summed E-state index contributed by atoms with van der Waals surface area (Å²) in [6.07, 6.45) is 4.42. The fourth-order valence-electron chi connectivity index (χ4n) is 4.33. The van der Waals surface area contributed by atoms with Crippen molar-refractivity contribution in [2.75, 3.05) is 31.1 Å². The molecule has 0 amide bonds. The largest absolute Gasteiger partial charge is 0.369 e. The van der Waals surface area contributed by atoms with Gasteiger partial charge in [-0.25, -0.2) is 4.39 Å². The molecular formula is C22H22FN3OS. The molecule has 2 aromatic heterocycles. The first-order valence-corrected chi connectivity index (χ1v) is 10.6. The number of nitrogens with zero attached hydrogens (tertiary/aromatic N) is 2. The highest BCUT2D eigenvalue weighted by molar-refractivity contribution is 7.17. The van der Waals surface area contributed by atoms with Gasteiger partial charge in [-0.05, 0) is 60.2 Å². The maximum Gasteiger partial charge on any atom is 0.257 e. The van der Waals surface area contributed by atoms with Gasteiger partial charge in [-0.3, -0.25) is 9.69 Å². The molecule has 28 heavy (non-hydrogen) atoms. The number of rotatable bonds is 3. The summed E-state index contributed by atoms with van der Waals surface area (Å²) in [6, 6.07) is 11.2. The predicted molar refractivity (Wildman–Crippen MR) is 114 cm³/mol. The van der Waals surface area contributed by atoms with Gasteiger partial charge in [0.05, 0.1) is 5.39 Å². The second kappa shape index (κ2) is 7.18. The highest BCUT2D eigenvalue weighted by atomic mass is 32.1. The number of thiophene rings is 1. The van der Waals surface area contributed by atoms with Crippen LogP contribution in [-0.2, 0) is 0 Å². The molecule has 3 heterocycles. The van der Waals surface area contributed by atoms with Crippen molar-refractivity contribution in [1.29, 1.82) is 0 Å². The average molecular weight is 396 g/mol. The summed E-state index contributed by atoms with van der Waals surface area (Å²) < 4.78 is 14.2. The molecule has 1 aliphatic carbocycles. The normalized spacial score (nSPS) is 20.7. The van der Waals surface area contributed by atoms with Crippen molar-refractivity contribution in [3.05, 3.63) is 69.7 Å². The lowest BCUT2D eigenvalue weighted by molar-refractivity contribution is 0.214. The van der Waals surface area contributed by atoms with E-state index in [-0.39, 0.29) is 11.4 Å². The molecular weight excluding hydrogens is 373 g/mol. The van der Waals surface area contributed by atoms with E-state index in [0.717, 1.165) is 60.5 Å². The van der Waals surface area contributed by atoms with E-state index in [4.69, 9.17) is 0 Å². The van der Waals surface area contributed by atoms with Gasteiger partial charge in [0.25, 0.3) is 5.56 Å². The second-order valence-corrected chi connectivity index (χ2v) is 8.46. The summed E-state index contributed by atoms with van der Waals surface area (Å²) in [5.41, 5.74) is 3.31. The number of nitrogens with one attached hydrogen (secondary N) is 1. The minimum absolute atomic E-state index is 0.00557. The molecule has 0 saturated carbocycles. The van der Waals surface area contributed by atoms with Crippen molar-refractivity contribution in [2.45, 2.75) is 18.9 Å². The van der Waals surface area contributed by atoms with Gasteiger partial charge < -0.3 is 9.88 Å². The van der Waals surface area contributed by atoms with Crippen LogP contribution >= 0.6 is 11.3 Å². The van der Waals surface area contributed by atoms with Crippen molar-refractivity contribution < 1.29 is 4.39 Å². The van der Waals surface area contributed by atoms with Crippen LogP contribution in [0, 0.1) is 5.82 Å². The molecule has 5 rings (SSSR count). The Morgan fingerprint density at radius 1 is 1.07 bits per heavy atom. The van der Waals surface area contributed by atoms with E-state index in [0.29, 0.717) is 6.04 Å². The number of fused-ring (bicyclic) bond motifs is 1. The smallest absolute Gasteiger partial charge is 0.257 e. The fourth-order valence-corrected chi connectivity index (χ4v) is 5.15. The van der Waals surface area contributed by atoms with Gasteiger partial charge in [0.1, 0.15) is 5.82 Å². The van der Waals surface area contributed by atoms with E-state index >= 15 is 0 Å². The number of hydrogen-bond donors (Lipinski definition) is 1. The minimum Gasteiger partial charge on any atom is -0.369 e. The third-order valence-corrected chi connectivity index (χ3v) is 6.75. The van der Waals surface area contributed by atoms with Gasteiger partial charge in [-0.15, -0.1) is 11.3 Å². The first kappa shape index (κ1) is 17.6. The molecule has 0 spiro atoms. The maximum absolute atomic E-state index is 13.1. The van der Waals surface area contributed by atoms with Crippen molar-refractivity contribution in [3.63, 3.8) is 0 Å². The maximum atomic E-state index is 13.1. The first-order chi connectivity index (χ1) is 13.7. The Kier molecular flexibility index (Phi) is 4.53. The molecule has 4 nitrogen and oxygen atoms in total. The molecule has 3 aromatic rings. The first-order valence-electron chi connectivity index (χ1n) is 9.73. The third-order valence-electron chi connectivity index (χ3n) is 5.89.